The number of aromatic nitrogens is 3. The maximum absolute atomic E-state index is 6.44. The van der Waals surface area contributed by atoms with Crippen molar-refractivity contribution >= 4 is 23.4 Å². The third-order valence-electron chi connectivity index (χ3n) is 7.26. The number of piperidine rings is 1. The normalized spacial score (nSPS) is 27.5. The first-order chi connectivity index (χ1) is 15.6. The maximum Gasteiger partial charge on any atom is 0.175 e. The van der Waals surface area contributed by atoms with Crippen LogP contribution in [0.4, 0.5) is 11.6 Å². The molecule has 0 aliphatic carbocycles. The van der Waals surface area contributed by atoms with Crippen LogP contribution in [-0.4, -0.2) is 72.2 Å². The standard InChI is InChI=1S/C22H28N6O3S/c1-14-19(23)21(10-30-14)3-6-28(7-4-21)16-8-26-17(9-25-16)32-15-2-5-24-20-18(15)31-13-22(27-20)11-29-12-22/h2,5,8-9,14,19H,3-4,6-7,10-13,23H2,1H3,(H,24,27)/t14-,19+/m0/s1. The van der Waals surface area contributed by atoms with Gasteiger partial charge in [0.05, 0.1) is 43.2 Å². The molecular weight excluding hydrogens is 428 g/mol. The molecule has 10 heteroatoms. The highest BCUT2D eigenvalue weighted by molar-refractivity contribution is 7.99. The maximum atomic E-state index is 6.44. The van der Waals surface area contributed by atoms with Crippen LogP contribution in [0.15, 0.2) is 34.6 Å². The van der Waals surface area contributed by atoms with E-state index in [1.807, 2.05) is 18.5 Å². The molecule has 2 aromatic rings. The van der Waals surface area contributed by atoms with E-state index in [0.717, 1.165) is 59.8 Å². The Balaban J connectivity index is 1.12. The molecule has 0 radical (unpaired) electrons. The largest absolute Gasteiger partial charge is 0.486 e. The van der Waals surface area contributed by atoms with E-state index >= 15 is 0 Å². The average molecular weight is 457 g/mol. The Morgan fingerprint density at radius 1 is 1.12 bits per heavy atom. The minimum Gasteiger partial charge on any atom is -0.486 e. The second-order valence-electron chi connectivity index (χ2n) is 9.38. The Kier molecular flexibility index (Phi) is 4.94. The van der Waals surface area contributed by atoms with Crippen molar-refractivity contribution in [3.8, 4) is 5.75 Å². The van der Waals surface area contributed by atoms with Gasteiger partial charge in [0, 0.05) is 30.7 Å². The Morgan fingerprint density at radius 3 is 2.62 bits per heavy atom. The quantitative estimate of drug-likeness (QED) is 0.711. The number of hydrogen-bond acceptors (Lipinski definition) is 10. The van der Waals surface area contributed by atoms with Crippen LogP contribution >= 0.6 is 11.8 Å². The number of rotatable bonds is 3. The van der Waals surface area contributed by atoms with Gasteiger partial charge in [0.25, 0.3) is 0 Å². The van der Waals surface area contributed by atoms with Crippen LogP contribution in [0.3, 0.4) is 0 Å². The molecular formula is C22H28N6O3S. The minimum absolute atomic E-state index is 0.109. The van der Waals surface area contributed by atoms with E-state index in [-0.39, 0.29) is 23.1 Å². The molecule has 0 unspecified atom stereocenters. The summed E-state index contributed by atoms with van der Waals surface area (Å²) < 4.78 is 17.2. The van der Waals surface area contributed by atoms with Crippen molar-refractivity contribution in [3.63, 3.8) is 0 Å². The first-order valence-corrected chi connectivity index (χ1v) is 12.0. The van der Waals surface area contributed by atoms with E-state index in [1.165, 1.54) is 11.8 Å². The number of nitrogens with one attached hydrogen (secondary N) is 1. The van der Waals surface area contributed by atoms with E-state index < -0.39 is 0 Å². The van der Waals surface area contributed by atoms with Crippen molar-refractivity contribution in [2.24, 2.45) is 11.1 Å². The highest BCUT2D eigenvalue weighted by atomic mass is 32.2. The summed E-state index contributed by atoms with van der Waals surface area (Å²) >= 11 is 1.54. The smallest absolute Gasteiger partial charge is 0.175 e. The summed E-state index contributed by atoms with van der Waals surface area (Å²) in [6.07, 6.45) is 7.68. The molecule has 0 saturated carbocycles. The van der Waals surface area contributed by atoms with Gasteiger partial charge in [0.2, 0.25) is 0 Å². The molecule has 6 rings (SSSR count). The van der Waals surface area contributed by atoms with E-state index in [9.17, 15) is 0 Å². The van der Waals surface area contributed by atoms with Crippen molar-refractivity contribution < 1.29 is 14.2 Å². The fourth-order valence-corrected chi connectivity index (χ4v) is 5.85. The zero-order valence-electron chi connectivity index (χ0n) is 18.1. The molecule has 2 aromatic heterocycles. The summed E-state index contributed by atoms with van der Waals surface area (Å²) in [7, 11) is 0. The number of nitrogens with two attached hydrogens (primary N) is 1. The second-order valence-corrected chi connectivity index (χ2v) is 10.4. The summed E-state index contributed by atoms with van der Waals surface area (Å²) in [5, 5.41) is 4.31. The topological polar surface area (TPSA) is 108 Å². The molecule has 6 heterocycles. The molecule has 3 saturated heterocycles. The molecule has 2 atom stereocenters. The van der Waals surface area contributed by atoms with Crippen LogP contribution in [0.1, 0.15) is 19.8 Å². The van der Waals surface area contributed by atoms with Crippen LogP contribution in [0.5, 0.6) is 5.75 Å². The van der Waals surface area contributed by atoms with Crippen LogP contribution in [0.2, 0.25) is 0 Å². The van der Waals surface area contributed by atoms with E-state index in [1.54, 1.807) is 6.20 Å². The fraction of sp³-hybridized carbons (Fsp3) is 0.591. The lowest BCUT2D eigenvalue weighted by atomic mass is 9.73. The lowest BCUT2D eigenvalue weighted by Crippen LogP contribution is -2.61. The Hall–Kier alpha value is -2.14. The number of fused-ring (bicyclic) bond motifs is 1. The van der Waals surface area contributed by atoms with Gasteiger partial charge in [-0.15, -0.1) is 0 Å². The molecule has 0 aromatic carbocycles. The highest BCUT2D eigenvalue weighted by Crippen LogP contribution is 2.43. The summed E-state index contributed by atoms with van der Waals surface area (Å²) in [6, 6.07) is 2.07. The molecule has 0 bridgehead atoms. The van der Waals surface area contributed by atoms with Gasteiger partial charge in [0.15, 0.2) is 11.6 Å². The zero-order chi connectivity index (χ0) is 21.8. The molecule has 3 fully saturated rings. The van der Waals surface area contributed by atoms with Gasteiger partial charge in [-0.2, -0.15) is 0 Å². The average Bonchev–Trinajstić information content (AvgIpc) is 3.07. The van der Waals surface area contributed by atoms with E-state index in [0.29, 0.717) is 19.8 Å². The van der Waals surface area contributed by atoms with Crippen LogP contribution in [-0.2, 0) is 9.47 Å². The molecule has 0 amide bonds. The molecule has 9 nitrogen and oxygen atoms in total. The molecule has 2 spiro atoms. The fourth-order valence-electron chi connectivity index (χ4n) is 5.03. The van der Waals surface area contributed by atoms with Crippen LogP contribution in [0.25, 0.3) is 0 Å². The second kappa shape index (κ2) is 7.72. The van der Waals surface area contributed by atoms with Crippen molar-refractivity contribution in [1.82, 2.24) is 15.0 Å². The lowest BCUT2D eigenvalue weighted by molar-refractivity contribution is -0.0652. The van der Waals surface area contributed by atoms with Crippen LogP contribution in [0, 0.1) is 5.41 Å². The predicted molar refractivity (Wildman–Crippen MR) is 120 cm³/mol. The highest BCUT2D eigenvalue weighted by Gasteiger charge is 2.47. The van der Waals surface area contributed by atoms with Gasteiger partial charge >= 0.3 is 0 Å². The number of nitrogens with zero attached hydrogens (tertiary/aromatic N) is 4. The number of pyridine rings is 1. The summed E-state index contributed by atoms with van der Waals surface area (Å²) in [4.78, 5) is 17.1. The number of anilines is 2. The number of hydrogen-bond donors (Lipinski definition) is 2. The molecule has 3 N–H and O–H groups in total. The van der Waals surface area contributed by atoms with Gasteiger partial charge in [-0.1, -0.05) is 11.8 Å². The first-order valence-electron chi connectivity index (χ1n) is 11.2. The van der Waals surface area contributed by atoms with Gasteiger partial charge in [-0.3, -0.25) is 0 Å². The van der Waals surface area contributed by atoms with Crippen molar-refractivity contribution in [1.29, 1.82) is 0 Å². The predicted octanol–water partition coefficient (Wildman–Crippen LogP) is 1.93. The van der Waals surface area contributed by atoms with Gasteiger partial charge in [-0.25, -0.2) is 15.0 Å². The van der Waals surface area contributed by atoms with Crippen molar-refractivity contribution in [2.45, 2.75) is 47.4 Å². The molecule has 170 valence electrons. The molecule has 4 aliphatic rings. The lowest BCUT2D eigenvalue weighted by Gasteiger charge is -2.45. The molecule has 32 heavy (non-hydrogen) atoms. The first kappa shape index (κ1) is 20.5. The SMILES string of the molecule is C[C@@H]1OCC2(CCN(c3cnc(Sc4ccnc5c4OCC4(COC4)N5)cn3)CC2)[C@@H]1N. The number of ether oxygens (including phenoxy) is 3. The Labute approximate surface area is 191 Å². The molecule has 4 aliphatic heterocycles. The van der Waals surface area contributed by atoms with E-state index in [2.05, 4.69) is 27.1 Å². The third kappa shape index (κ3) is 3.40. The zero-order valence-corrected chi connectivity index (χ0v) is 18.9. The van der Waals surface area contributed by atoms with Crippen molar-refractivity contribution in [2.75, 3.05) is 49.7 Å². The third-order valence-corrected chi connectivity index (χ3v) is 8.22. The van der Waals surface area contributed by atoms with Gasteiger partial charge in [0.1, 0.15) is 23.0 Å². The monoisotopic (exact) mass is 456 g/mol. The van der Waals surface area contributed by atoms with E-state index in [4.69, 9.17) is 24.9 Å². The van der Waals surface area contributed by atoms with Crippen molar-refractivity contribution in [3.05, 3.63) is 24.7 Å². The summed E-state index contributed by atoms with van der Waals surface area (Å²) in [5.41, 5.74) is 6.41. The van der Waals surface area contributed by atoms with Gasteiger partial charge in [-0.05, 0) is 25.8 Å². The van der Waals surface area contributed by atoms with Gasteiger partial charge < -0.3 is 30.2 Å². The Bertz CT molecular complexity index is 994. The summed E-state index contributed by atoms with van der Waals surface area (Å²) in [6.45, 7) is 6.57. The minimum atomic E-state index is -0.135. The summed E-state index contributed by atoms with van der Waals surface area (Å²) in [5.74, 6) is 2.44. The van der Waals surface area contributed by atoms with Crippen LogP contribution < -0.4 is 20.7 Å². The Morgan fingerprint density at radius 2 is 1.97 bits per heavy atom.